The fourth-order valence-electron chi connectivity index (χ4n) is 3.96. The molecule has 9 heteroatoms. The van der Waals surface area contributed by atoms with Crippen molar-refractivity contribution in [1.29, 1.82) is 0 Å². The van der Waals surface area contributed by atoms with E-state index in [0.717, 1.165) is 28.0 Å². The number of nitrogens with zero attached hydrogens (tertiary/aromatic N) is 2. The first kappa shape index (κ1) is 24.0. The Morgan fingerprint density at radius 2 is 1.89 bits per heavy atom. The quantitative estimate of drug-likeness (QED) is 0.375. The second-order valence-electron chi connectivity index (χ2n) is 8.15. The number of benzene rings is 2. The van der Waals surface area contributed by atoms with Gasteiger partial charge < -0.3 is 14.6 Å². The number of ether oxygens (including phenoxy) is 2. The summed E-state index contributed by atoms with van der Waals surface area (Å²) < 4.78 is 30.7. The maximum absolute atomic E-state index is 15.1. The standard InChI is InChI=1S/C26H26FN3O5/c1-5-33-21-8-6-7-18(15(21)3)25-20(31)10-9-17(28-25)12-19-14(2)11-22(24(27)16(19)4)34-13-23-29-26(32)35-30-23/h6-11,31H,5,12-13H2,1-4H3,(H,29,30,32). The number of aryl methyl sites for hydroxylation is 1. The lowest BCUT2D eigenvalue weighted by atomic mass is 9.96. The van der Waals surface area contributed by atoms with E-state index in [-0.39, 0.29) is 23.9 Å². The van der Waals surface area contributed by atoms with Crippen LogP contribution in [-0.4, -0.2) is 26.8 Å². The van der Waals surface area contributed by atoms with Crippen LogP contribution in [0.15, 0.2) is 45.7 Å². The summed E-state index contributed by atoms with van der Waals surface area (Å²) in [6.45, 7) is 7.78. The van der Waals surface area contributed by atoms with Crippen molar-refractivity contribution < 1.29 is 23.5 Å². The lowest BCUT2D eigenvalue weighted by Crippen LogP contribution is -2.06. The smallest absolute Gasteiger partial charge is 0.439 e. The zero-order valence-electron chi connectivity index (χ0n) is 19.9. The fraction of sp³-hybridized carbons (Fsp3) is 0.269. The van der Waals surface area contributed by atoms with Crippen LogP contribution in [0.4, 0.5) is 4.39 Å². The third-order valence-corrected chi connectivity index (χ3v) is 5.80. The number of halogens is 1. The van der Waals surface area contributed by atoms with Crippen LogP contribution in [0.1, 0.15) is 40.7 Å². The molecule has 0 atom stereocenters. The average molecular weight is 480 g/mol. The maximum Gasteiger partial charge on any atom is 0.439 e. The molecule has 0 saturated carbocycles. The van der Waals surface area contributed by atoms with E-state index in [2.05, 4.69) is 14.7 Å². The molecule has 2 aromatic carbocycles. The molecule has 0 aliphatic rings. The molecule has 0 bridgehead atoms. The third kappa shape index (κ3) is 5.03. The SMILES string of the molecule is CCOc1cccc(-c2nc(Cc3c(C)cc(OCc4noc(=O)[nH]4)c(F)c3C)ccc2O)c1C. The van der Waals surface area contributed by atoms with Crippen LogP contribution in [0.2, 0.25) is 0 Å². The molecule has 2 aromatic heterocycles. The summed E-state index contributed by atoms with van der Waals surface area (Å²) >= 11 is 0. The summed E-state index contributed by atoms with van der Waals surface area (Å²) in [5, 5.41) is 14.0. The Kier molecular flexibility index (Phi) is 6.86. The molecule has 35 heavy (non-hydrogen) atoms. The molecule has 0 aliphatic heterocycles. The molecule has 0 amide bonds. The molecule has 8 nitrogen and oxygen atoms in total. The molecular weight excluding hydrogens is 453 g/mol. The molecule has 4 rings (SSSR count). The number of aromatic amines is 1. The van der Waals surface area contributed by atoms with E-state index in [0.29, 0.717) is 30.0 Å². The average Bonchev–Trinajstić information content (AvgIpc) is 3.26. The number of aromatic hydroxyl groups is 1. The molecule has 0 saturated heterocycles. The van der Waals surface area contributed by atoms with Crippen LogP contribution in [0, 0.1) is 26.6 Å². The molecule has 0 spiro atoms. The zero-order chi connectivity index (χ0) is 25.1. The van der Waals surface area contributed by atoms with E-state index in [1.165, 1.54) is 0 Å². The predicted octanol–water partition coefficient (Wildman–Crippen LogP) is 4.76. The van der Waals surface area contributed by atoms with Crippen molar-refractivity contribution in [2.75, 3.05) is 6.61 Å². The topological polar surface area (TPSA) is 110 Å². The molecule has 4 aromatic rings. The van der Waals surface area contributed by atoms with Crippen molar-refractivity contribution >= 4 is 0 Å². The van der Waals surface area contributed by atoms with Gasteiger partial charge in [0, 0.05) is 23.2 Å². The fourth-order valence-corrected chi connectivity index (χ4v) is 3.96. The van der Waals surface area contributed by atoms with Crippen LogP contribution in [0.3, 0.4) is 0 Å². The van der Waals surface area contributed by atoms with Gasteiger partial charge in [-0.15, -0.1) is 0 Å². The van der Waals surface area contributed by atoms with Crippen molar-refractivity contribution in [2.45, 2.75) is 40.7 Å². The number of nitrogens with one attached hydrogen (secondary N) is 1. The first-order valence-electron chi connectivity index (χ1n) is 11.2. The Morgan fingerprint density at radius 1 is 1.09 bits per heavy atom. The highest BCUT2D eigenvalue weighted by Crippen LogP contribution is 2.35. The highest BCUT2D eigenvalue weighted by Gasteiger charge is 2.18. The van der Waals surface area contributed by atoms with Crippen molar-refractivity contribution in [3.8, 4) is 28.5 Å². The number of rotatable bonds is 8. The molecular formula is C26H26FN3O5. The molecule has 0 aliphatic carbocycles. The minimum atomic E-state index is -0.702. The van der Waals surface area contributed by atoms with Crippen LogP contribution in [0.5, 0.6) is 17.2 Å². The molecule has 2 N–H and O–H groups in total. The van der Waals surface area contributed by atoms with Crippen LogP contribution < -0.4 is 15.2 Å². The van der Waals surface area contributed by atoms with Gasteiger partial charge in [0.15, 0.2) is 17.4 Å². The van der Waals surface area contributed by atoms with Crippen molar-refractivity contribution in [1.82, 2.24) is 15.1 Å². The minimum absolute atomic E-state index is 0.0512. The zero-order valence-corrected chi connectivity index (χ0v) is 19.9. The Labute approximate surface area is 201 Å². The van der Waals surface area contributed by atoms with Gasteiger partial charge in [-0.25, -0.2) is 14.2 Å². The monoisotopic (exact) mass is 479 g/mol. The Bertz CT molecular complexity index is 1430. The summed E-state index contributed by atoms with van der Waals surface area (Å²) in [6, 6.07) is 10.5. The normalized spacial score (nSPS) is 11.0. The second-order valence-corrected chi connectivity index (χ2v) is 8.15. The lowest BCUT2D eigenvalue weighted by molar-refractivity contribution is 0.271. The van der Waals surface area contributed by atoms with Gasteiger partial charge in [0.1, 0.15) is 23.8 Å². The summed E-state index contributed by atoms with van der Waals surface area (Å²) in [7, 11) is 0. The number of H-pyrrole nitrogens is 1. The predicted molar refractivity (Wildman–Crippen MR) is 127 cm³/mol. The third-order valence-electron chi connectivity index (χ3n) is 5.80. The van der Waals surface area contributed by atoms with E-state index in [1.54, 1.807) is 25.1 Å². The van der Waals surface area contributed by atoms with Gasteiger partial charge >= 0.3 is 5.76 Å². The van der Waals surface area contributed by atoms with Gasteiger partial charge in [0.05, 0.1) is 6.61 Å². The van der Waals surface area contributed by atoms with E-state index >= 15 is 4.39 Å². The van der Waals surface area contributed by atoms with Gasteiger partial charge in [-0.3, -0.25) is 9.51 Å². The summed E-state index contributed by atoms with van der Waals surface area (Å²) in [5.74, 6) is -0.202. The summed E-state index contributed by atoms with van der Waals surface area (Å²) in [6.07, 6.45) is 0.364. The van der Waals surface area contributed by atoms with Crippen molar-refractivity contribution in [2.24, 2.45) is 0 Å². The molecule has 0 unspecified atom stereocenters. The minimum Gasteiger partial charge on any atom is -0.506 e. The number of hydrogen-bond acceptors (Lipinski definition) is 7. The van der Waals surface area contributed by atoms with E-state index in [9.17, 15) is 9.90 Å². The molecule has 2 heterocycles. The number of hydrogen-bond donors (Lipinski definition) is 2. The van der Waals surface area contributed by atoms with E-state index in [1.807, 2.05) is 39.0 Å². The Hall–Kier alpha value is -4.14. The van der Waals surface area contributed by atoms with E-state index < -0.39 is 11.6 Å². The van der Waals surface area contributed by atoms with Crippen LogP contribution in [0.25, 0.3) is 11.3 Å². The molecule has 0 radical (unpaired) electrons. The van der Waals surface area contributed by atoms with Gasteiger partial charge in [-0.1, -0.05) is 17.3 Å². The van der Waals surface area contributed by atoms with Crippen molar-refractivity contribution in [3.63, 3.8) is 0 Å². The van der Waals surface area contributed by atoms with Crippen LogP contribution in [-0.2, 0) is 13.0 Å². The lowest BCUT2D eigenvalue weighted by Gasteiger charge is -2.16. The van der Waals surface area contributed by atoms with Gasteiger partial charge in [0.2, 0.25) is 0 Å². The summed E-state index contributed by atoms with van der Waals surface area (Å²) in [5.41, 5.74) is 4.79. The first-order valence-corrected chi connectivity index (χ1v) is 11.2. The van der Waals surface area contributed by atoms with Crippen molar-refractivity contribution in [3.05, 3.63) is 86.5 Å². The highest BCUT2D eigenvalue weighted by atomic mass is 19.1. The largest absolute Gasteiger partial charge is 0.506 e. The Balaban J connectivity index is 1.63. The highest BCUT2D eigenvalue weighted by molar-refractivity contribution is 5.71. The van der Waals surface area contributed by atoms with Gasteiger partial charge in [0.25, 0.3) is 0 Å². The van der Waals surface area contributed by atoms with E-state index in [4.69, 9.17) is 14.5 Å². The second kappa shape index (κ2) is 10.0. The number of aromatic nitrogens is 3. The maximum atomic E-state index is 15.1. The first-order chi connectivity index (χ1) is 16.8. The molecule has 0 fully saturated rings. The number of pyridine rings is 1. The van der Waals surface area contributed by atoms with Gasteiger partial charge in [-0.2, -0.15) is 0 Å². The summed E-state index contributed by atoms with van der Waals surface area (Å²) in [4.78, 5) is 18.1. The van der Waals surface area contributed by atoms with Gasteiger partial charge in [-0.05, 0) is 68.7 Å². The Morgan fingerprint density at radius 3 is 2.60 bits per heavy atom. The van der Waals surface area contributed by atoms with Crippen LogP contribution >= 0.6 is 0 Å². The molecule has 182 valence electrons.